The highest BCUT2D eigenvalue weighted by Crippen LogP contribution is 2.44. The molecule has 2 aromatic carbocycles. The van der Waals surface area contributed by atoms with Gasteiger partial charge in [-0.2, -0.15) is 0 Å². The summed E-state index contributed by atoms with van der Waals surface area (Å²) in [5.74, 6) is -2.11. The summed E-state index contributed by atoms with van der Waals surface area (Å²) in [5, 5.41) is 14.7. The Hall–Kier alpha value is -3.35. The maximum Gasteiger partial charge on any atom is 0.407 e. The Morgan fingerprint density at radius 2 is 1.50 bits per heavy atom. The molecule has 0 aliphatic heterocycles. The second-order valence-electron chi connectivity index (χ2n) is 9.60. The third-order valence-electron chi connectivity index (χ3n) is 6.19. The standard InChI is InChI=1S/C27H34N2O5/c1-16(2)13-18(25(30)29-24(17(3)4)26(31)32)14-28-27(33)34-15-23-21-11-7-5-9-19(21)20-10-6-8-12-22(20)23/h5-12,16-18,23-24H,13-15H2,1-4H3,(H,28,33)(H,29,30)(H,31,32)/t18?,24-/m1/s1. The molecule has 0 aromatic heterocycles. The molecule has 0 saturated carbocycles. The van der Waals surface area contributed by atoms with Gasteiger partial charge in [0, 0.05) is 12.5 Å². The zero-order chi connectivity index (χ0) is 24.8. The number of hydrogen-bond acceptors (Lipinski definition) is 4. The molecule has 0 fully saturated rings. The summed E-state index contributed by atoms with van der Waals surface area (Å²) in [4.78, 5) is 36.8. The third-order valence-corrected chi connectivity index (χ3v) is 6.19. The van der Waals surface area contributed by atoms with Crippen molar-refractivity contribution < 1.29 is 24.2 Å². The fourth-order valence-electron chi connectivity index (χ4n) is 4.49. The molecule has 182 valence electrons. The Morgan fingerprint density at radius 1 is 0.941 bits per heavy atom. The average molecular weight is 467 g/mol. The van der Waals surface area contributed by atoms with Crippen LogP contribution in [0.1, 0.15) is 51.2 Å². The molecule has 1 aliphatic rings. The molecule has 7 nitrogen and oxygen atoms in total. The van der Waals surface area contributed by atoms with E-state index in [-0.39, 0.29) is 36.8 Å². The Bertz CT molecular complexity index is 988. The summed E-state index contributed by atoms with van der Waals surface area (Å²) in [6.45, 7) is 7.70. The van der Waals surface area contributed by atoms with Crippen molar-refractivity contribution in [1.82, 2.24) is 10.6 Å². The third kappa shape index (κ3) is 5.95. The molecule has 2 amide bonds. The van der Waals surface area contributed by atoms with E-state index in [4.69, 9.17) is 4.74 Å². The van der Waals surface area contributed by atoms with Crippen LogP contribution in [0.3, 0.4) is 0 Å². The van der Waals surface area contributed by atoms with Gasteiger partial charge in [0.1, 0.15) is 12.6 Å². The summed E-state index contributed by atoms with van der Waals surface area (Å²) in [6.07, 6.45) is -0.0815. The van der Waals surface area contributed by atoms with E-state index in [2.05, 4.69) is 34.9 Å². The van der Waals surface area contributed by atoms with Crippen LogP contribution in [0.4, 0.5) is 4.79 Å². The zero-order valence-electron chi connectivity index (χ0n) is 20.2. The minimum atomic E-state index is -1.07. The van der Waals surface area contributed by atoms with Gasteiger partial charge < -0.3 is 20.5 Å². The first-order valence-electron chi connectivity index (χ1n) is 11.8. The second-order valence-corrected chi connectivity index (χ2v) is 9.60. The van der Waals surface area contributed by atoms with Crippen molar-refractivity contribution in [2.75, 3.05) is 13.2 Å². The number of alkyl carbamates (subject to hydrolysis) is 1. The van der Waals surface area contributed by atoms with E-state index in [1.54, 1.807) is 13.8 Å². The van der Waals surface area contributed by atoms with Crippen molar-refractivity contribution in [1.29, 1.82) is 0 Å². The van der Waals surface area contributed by atoms with Crippen LogP contribution in [0.5, 0.6) is 0 Å². The van der Waals surface area contributed by atoms with Gasteiger partial charge in [0.25, 0.3) is 0 Å². The number of carboxylic acid groups (broad SMARTS) is 1. The van der Waals surface area contributed by atoms with E-state index in [1.165, 1.54) is 0 Å². The molecule has 0 heterocycles. The molecule has 34 heavy (non-hydrogen) atoms. The summed E-state index contributed by atoms with van der Waals surface area (Å²) < 4.78 is 5.56. The van der Waals surface area contributed by atoms with Crippen molar-refractivity contribution >= 4 is 18.0 Å². The molecule has 2 atom stereocenters. The fraction of sp³-hybridized carbons (Fsp3) is 0.444. The molecule has 2 aromatic rings. The quantitative estimate of drug-likeness (QED) is 0.481. The minimum Gasteiger partial charge on any atom is -0.480 e. The van der Waals surface area contributed by atoms with E-state index in [0.717, 1.165) is 22.3 Å². The maximum atomic E-state index is 12.8. The van der Waals surface area contributed by atoms with Crippen LogP contribution < -0.4 is 10.6 Å². The highest BCUT2D eigenvalue weighted by atomic mass is 16.5. The van der Waals surface area contributed by atoms with Gasteiger partial charge in [0.05, 0.1) is 5.92 Å². The predicted molar refractivity (Wildman–Crippen MR) is 130 cm³/mol. The number of ether oxygens (including phenoxy) is 1. The number of carboxylic acids is 1. The second kappa shape index (κ2) is 11.2. The lowest BCUT2D eigenvalue weighted by Gasteiger charge is -2.24. The van der Waals surface area contributed by atoms with Gasteiger partial charge in [0.15, 0.2) is 0 Å². The molecule has 1 unspecified atom stereocenters. The van der Waals surface area contributed by atoms with E-state index in [1.807, 2.05) is 38.1 Å². The molecule has 3 rings (SSSR count). The number of fused-ring (bicyclic) bond motifs is 3. The van der Waals surface area contributed by atoms with Gasteiger partial charge in [-0.25, -0.2) is 9.59 Å². The van der Waals surface area contributed by atoms with Crippen LogP contribution in [0.25, 0.3) is 11.1 Å². The Balaban J connectivity index is 1.60. The first-order chi connectivity index (χ1) is 16.2. The zero-order valence-corrected chi connectivity index (χ0v) is 20.2. The molecular weight excluding hydrogens is 432 g/mol. The number of amides is 2. The van der Waals surface area contributed by atoms with Gasteiger partial charge in [-0.1, -0.05) is 76.2 Å². The van der Waals surface area contributed by atoms with Gasteiger partial charge in [-0.05, 0) is 40.5 Å². The Kier molecular flexibility index (Phi) is 8.31. The van der Waals surface area contributed by atoms with Gasteiger partial charge in [-0.15, -0.1) is 0 Å². The number of rotatable bonds is 10. The van der Waals surface area contributed by atoms with Gasteiger partial charge in [-0.3, -0.25) is 4.79 Å². The molecule has 1 aliphatic carbocycles. The monoisotopic (exact) mass is 466 g/mol. The van der Waals surface area contributed by atoms with E-state index < -0.39 is 24.0 Å². The van der Waals surface area contributed by atoms with Crippen LogP contribution >= 0.6 is 0 Å². The molecular formula is C27H34N2O5. The summed E-state index contributed by atoms with van der Waals surface area (Å²) in [7, 11) is 0. The highest BCUT2D eigenvalue weighted by Gasteiger charge is 2.30. The number of hydrogen-bond donors (Lipinski definition) is 3. The van der Waals surface area contributed by atoms with Crippen LogP contribution in [-0.2, 0) is 14.3 Å². The first-order valence-corrected chi connectivity index (χ1v) is 11.8. The van der Waals surface area contributed by atoms with Crippen LogP contribution in [0.15, 0.2) is 48.5 Å². The molecule has 7 heteroatoms. The maximum absolute atomic E-state index is 12.8. The van der Waals surface area contributed by atoms with E-state index in [9.17, 15) is 19.5 Å². The highest BCUT2D eigenvalue weighted by molar-refractivity contribution is 5.85. The lowest BCUT2D eigenvalue weighted by atomic mass is 9.95. The predicted octanol–water partition coefficient (Wildman–Crippen LogP) is 4.41. The normalized spacial score (nSPS) is 14.3. The summed E-state index contributed by atoms with van der Waals surface area (Å²) in [6, 6.07) is 15.2. The molecule has 0 spiro atoms. The molecule has 3 N–H and O–H groups in total. The van der Waals surface area contributed by atoms with Crippen molar-refractivity contribution in [3.8, 4) is 11.1 Å². The topological polar surface area (TPSA) is 105 Å². The lowest BCUT2D eigenvalue weighted by molar-refractivity contribution is -0.143. The van der Waals surface area contributed by atoms with Crippen LogP contribution in [0.2, 0.25) is 0 Å². The van der Waals surface area contributed by atoms with Crippen molar-refractivity contribution in [3.05, 3.63) is 59.7 Å². The Labute approximate surface area is 200 Å². The Morgan fingerprint density at radius 3 is 2.00 bits per heavy atom. The molecule has 0 bridgehead atoms. The van der Waals surface area contributed by atoms with Crippen LogP contribution in [-0.4, -0.2) is 42.3 Å². The van der Waals surface area contributed by atoms with Crippen molar-refractivity contribution in [3.63, 3.8) is 0 Å². The van der Waals surface area contributed by atoms with Crippen molar-refractivity contribution in [2.45, 2.75) is 46.1 Å². The van der Waals surface area contributed by atoms with E-state index in [0.29, 0.717) is 6.42 Å². The number of carbonyl (C=O) groups is 3. The SMILES string of the molecule is CC(C)CC(CNC(=O)OCC1c2ccccc2-c2ccccc21)C(=O)N[C@@H](C(=O)O)C(C)C. The smallest absolute Gasteiger partial charge is 0.407 e. The molecule has 0 radical (unpaired) electrons. The average Bonchev–Trinajstić information content (AvgIpc) is 3.11. The van der Waals surface area contributed by atoms with Gasteiger partial charge in [0.2, 0.25) is 5.91 Å². The number of benzene rings is 2. The molecule has 0 saturated heterocycles. The fourth-order valence-corrected chi connectivity index (χ4v) is 4.49. The van der Waals surface area contributed by atoms with E-state index >= 15 is 0 Å². The largest absolute Gasteiger partial charge is 0.480 e. The summed E-state index contributed by atoms with van der Waals surface area (Å²) in [5.41, 5.74) is 4.56. The number of aliphatic carboxylic acids is 1. The minimum absolute atomic E-state index is 0.0460. The van der Waals surface area contributed by atoms with Crippen molar-refractivity contribution in [2.24, 2.45) is 17.8 Å². The van der Waals surface area contributed by atoms with Gasteiger partial charge >= 0.3 is 12.1 Å². The van der Waals surface area contributed by atoms with Crippen LogP contribution in [0, 0.1) is 17.8 Å². The lowest BCUT2D eigenvalue weighted by Crippen LogP contribution is -2.49. The number of carbonyl (C=O) groups excluding carboxylic acids is 2. The first kappa shape index (κ1) is 25.3. The summed E-state index contributed by atoms with van der Waals surface area (Å²) >= 11 is 0. The number of nitrogens with one attached hydrogen (secondary N) is 2.